The largest absolute Gasteiger partial charge is 0.598 e. The monoisotopic (exact) mass is 492 g/mol. The van der Waals surface area contributed by atoms with Gasteiger partial charge in [-0.05, 0) is 82.5 Å². The smallest absolute Gasteiger partial charge is 0.122 e. The molecule has 5 aliphatic rings. The van der Waals surface area contributed by atoms with Crippen molar-refractivity contribution in [2.45, 2.75) is 83.0 Å². The summed E-state index contributed by atoms with van der Waals surface area (Å²) in [4.78, 5) is 2.57. The van der Waals surface area contributed by atoms with Gasteiger partial charge in [-0.2, -0.15) is 5.26 Å². The van der Waals surface area contributed by atoms with E-state index in [-0.39, 0.29) is 5.41 Å². The van der Waals surface area contributed by atoms with Crippen molar-refractivity contribution in [3.8, 4) is 6.07 Å². The molecule has 0 aromatic heterocycles. The fourth-order valence-electron chi connectivity index (χ4n) is 7.99. The summed E-state index contributed by atoms with van der Waals surface area (Å²) in [6.07, 6.45) is 9.76. The van der Waals surface area contributed by atoms with E-state index >= 15 is 0 Å². The number of nitrogens with zero attached hydrogens (tertiary/aromatic N) is 3. The average molecular weight is 493 g/mol. The summed E-state index contributed by atoms with van der Waals surface area (Å²) in [5.41, 5.74) is 7.18. The molecule has 192 valence electrons. The molecule has 3 heterocycles. The molecule has 5 rings (SSSR count). The Morgan fingerprint density at radius 3 is 2.35 bits per heavy atom. The molecule has 3 saturated heterocycles. The fraction of sp³-hybridized carbons (Fsp3) is 0.960. The van der Waals surface area contributed by atoms with Crippen LogP contribution < -0.4 is 16.2 Å². The zero-order chi connectivity index (χ0) is 24.1. The lowest BCUT2D eigenvalue weighted by molar-refractivity contribution is 0.0292. The van der Waals surface area contributed by atoms with Crippen molar-refractivity contribution >= 4 is 10.4 Å². The quantitative estimate of drug-likeness (QED) is 0.513. The minimum Gasteiger partial charge on any atom is -0.598 e. The predicted molar refractivity (Wildman–Crippen MR) is 133 cm³/mol. The number of hydrogen-bond donors (Lipinski definition) is 3. The Bertz CT molecular complexity index is 811. The zero-order valence-electron chi connectivity index (χ0n) is 21.2. The van der Waals surface area contributed by atoms with Crippen LogP contribution in [0.15, 0.2) is 0 Å². The topological polar surface area (TPSA) is 106 Å². The van der Waals surface area contributed by atoms with E-state index in [4.69, 9.17) is 0 Å². The van der Waals surface area contributed by atoms with E-state index in [0.717, 1.165) is 19.6 Å². The molecule has 8 nitrogen and oxygen atoms in total. The van der Waals surface area contributed by atoms with Crippen molar-refractivity contribution < 1.29 is 8.76 Å². The fourth-order valence-corrected chi connectivity index (χ4v) is 8.82. The lowest BCUT2D eigenvalue weighted by Crippen LogP contribution is -2.61. The number of nitrogens with one attached hydrogen (secondary N) is 3. The Kier molecular flexibility index (Phi) is 7.15. The second kappa shape index (κ2) is 9.70. The third-order valence-corrected chi connectivity index (χ3v) is 11.4. The molecule has 2 aliphatic carbocycles. The van der Waals surface area contributed by atoms with Crippen LogP contribution in [0.3, 0.4) is 0 Å². The van der Waals surface area contributed by atoms with Gasteiger partial charge in [-0.3, -0.25) is 15.8 Å². The minimum atomic E-state index is -3.08. The lowest BCUT2D eigenvalue weighted by Gasteiger charge is -2.51. The average Bonchev–Trinajstić information content (AvgIpc) is 3.28. The van der Waals surface area contributed by atoms with Crippen LogP contribution in [0.4, 0.5) is 0 Å². The molecule has 2 saturated carbocycles. The maximum atomic E-state index is 11.9. The number of piperidine rings is 1. The molecule has 7 atom stereocenters. The van der Waals surface area contributed by atoms with Crippen LogP contribution in [0, 0.1) is 40.4 Å². The highest BCUT2D eigenvalue weighted by molar-refractivity contribution is 7.94. The van der Waals surface area contributed by atoms with E-state index < -0.39 is 10.4 Å². The second-order valence-corrected chi connectivity index (χ2v) is 14.3. The van der Waals surface area contributed by atoms with Gasteiger partial charge in [0.1, 0.15) is 16.7 Å². The Morgan fingerprint density at radius 1 is 1.00 bits per heavy atom. The number of nitriles is 1. The Labute approximate surface area is 206 Å². The molecule has 0 spiro atoms. The van der Waals surface area contributed by atoms with Crippen LogP contribution in [0.5, 0.6) is 0 Å². The Balaban J connectivity index is 1.23. The number of rotatable bonds is 4. The van der Waals surface area contributed by atoms with Crippen LogP contribution in [0.2, 0.25) is 0 Å². The summed E-state index contributed by atoms with van der Waals surface area (Å²) in [7, 11) is -3.08. The molecule has 0 aromatic carbocycles. The number of hydrazine groups is 1. The van der Waals surface area contributed by atoms with Gasteiger partial charge in [0.15, 0.2) is 0 Å². The first-order valence-electron chi connectivity index (χ1n) is 13.5. The van der Waals surface area contributed by atoms with Gasteiger partial charge in [-0.15, -0.1) is 4.31 Å². The Hall–Kier alpha value is -0.600. The van der Waals surface area contributed by atoms with E-state index in [1.165, 1.54) is 51.2 Å². The number of fused-ring (bicyclic) bond motifs is 3. The third kappa shape index (κ3) is 4.84. The minimum absolute atomic E-state index is 0.216. The van der Waals surface area contributed by atoms with E-state index in [0.29, 0.717) is 60.9 Å². The van der Waals surface area contributed by atoms with Gasteiger partial charge in [-0.25, -0.2) is 0 Å². The molecule has 0 amide bonds. The standard InChI is InChI=1S/C25H44N6O2S/c1-25(2,16-26)18-6-4-17(5-7-18)24-23-20-14-19(8-9-21(20)27-15-22(23)28-29-24)30-10-12-31(13-11-30)34(3,32)33/h17-24,27-29H,4-15H2,1-3H3. The molecule has 3 N–H and O–H groups in total. The first-order chi connectivity index (χ1) is 16.2. The van der Waals surface area contributed by atoms with Crippen LogP contribution in [0.1, 0.15) is 58.8 Å². The second-order valence-electron chi connectivity index (χ2n) is 12.3. The van der Waals surface area contributed by atoms with Gasteiger partial charge >= 0.3 is 0 Å². The maximum Gasteiger partial charge on any atom is 0.122 e. The van der Waals surface area contributed by atoms with Gasteiger partial charge in [-0.1, -0.05) is 4.21 Å². The van der Waals surface area contributed by atoms with E-state index in [9.17, 15) is 14.0 Å². The number of sulfonamides is 1. The number of piperazine rings is 1. The van der Waals surface area contributed by atoms with Crippen molar-refractivity contribution in [2.24, 2.45) is 29.1 Å². The highest BCUT2D eigenvalue weighted by atomic mass is 32.3. The molecular formula is C25H44N6O2S. The molecular weight excluding hydrogens is 448 g/mol. The van der Waals surface area contributed by atoms with E-state index in [1.54, 1.807) is 4.31 Å². The first-order valence-corrected chi connectivity index (χ1v) is 15.4. The lowest BCUT2D eigenvalue weighted by atomic mass is 9.62. The van der Waals surface area contributed by atoms with Crippen molar-refractivity contribution in [3.63, 3.8) is 0 Å². The molecule has 9 heteroatoms. The molecule has 7 unspecified atom stereocenters. The van der Waals surface area contributed by atoms with Gasteiger partial charge < -0.3 is 9.87 Å². The molecule has 3 aliphatic heterocycles. The summed E-state index contributed by atoms with van der Waals surface area (Å²) in [6.45, 7) is 8.23. The molecule has 5 fully saturated rings. The first kappa shape index (κ1) is 25.1. The highest BCUT2D eigenvalue weighted by Gasteiger charge is 2.52. The third-order valence-electron chi connectivity index (χ3n) is 10.1. The van der Waals surface area contributed by atoms with Crippen LogP contribution in [-0.2, 0) is 14.6 Å². The van der Waals surface area contributed by atoms with Crippen molar-refractivity contribution in [1.82, 2.24) is 25.4 Å². The molecule has 0 radical (unpaired) electrons. The zero-order valence-corrected chi connectivity index (χ0v) is 22.0. The van der Waals surface area contributed by atoms with Crippen molar-refractivity contribution in [2.75, 3.05) is 39.0 Å². The van der Waals surface area contributed by atoms with Crippen LogP contribution in [0.25, 0.3) is 0 Å². The van der Waals surface area contributed by atoms with E-state index in [1.807, 2.05) is 0 Å². The molecule has 34 heavy (non-hydrogen) atoms. The van der Waals surface area contributed by atoms with Gasteiger partial charge in [0.05, 0.1) is 24.6 Å². The summed E-state index contributed by atoms with van der Waals surface area (Å²) in [5.74, 6) is 2.51. The van der Waals surface area contributed by atoms with Gasteiger partial charge in [0, 0.05) is 43.8 Å². The van der Waals surface area contributed by atoms with Crippen LogP contribution >= 0.6 is 0 Å². The predicted octanol–water partition coefficient (Wildman–Crippen LogP) is 1.74. The van der Waals surface area contributed by atoms with Crippen molar-refractivity contribution in [1.29, 1.82) is 5.26 Å². The molecule has 0 aromatic rings. The SMILES string of the molecule is CC(C)(C#N)C1CCC(C2NNC3CNC4CCC(N5CCN([S+](C)(=O)[O-])CC5)CC4C32)CC1. The van der Waals surface area contributed by atoms with Crippen molar-refractivity contribution in [3.05, 3.63) is 0 Å². The van der Waals surface area contributed by atoms with Crippen LogP contribution in [-0.4, -0.2) is 76.9 Å². The summed E-state index contributed by atoms with van der Waals surface area (Å²) < 4.78 is 25.5. The highest BCUT2D eigenvalue weighted by Crippen LogP contribution is 2.46. The molecule has 0 bridgehead atoms. The summed E-state index contributed by atoms with van der Waals surface area (Å²) in [5, 5.41) is 13.4. The maximum absolute atomic E-state index is 11.9. The normalized spacial score (nSPS) is 44.0. The van der Waals surface area contributed by atoms with Gasteiger partial charge in [0.25, 0.3) is 0 Å². The van der Waals surface area contributed by atoms with Gasteiger partial charge in [0.2, 0.25) is 0 Å². The number of hydrogen-bond acceptors (Lipinski definition) is 7. The Morgan fingerprint density at radius 2 is 1.71 bits per heavy atom. The van der Waals surface area contributed by atoms with E-state index in [2.05, 4.69) is 41.0 Å². The summed E-state index contributed by atoms with van der Waals surface area (Å²) in [6, 6.07) is 4.73. The summed E-state index contributed by atoms with van der Waals surface area (Å²) >= 11 is 0.